The second-order valence-corrected chi connectivity index (χ2v) is 5.86. The first kappa shape index (κ1) is 17.2. The molecule has 2 N–H and O–H groups in total. The van der Waals surface area contributed by atoms with Crippen LogP contribution in [-0.2, 0) is 9.59 Å². The highest BCUT2D eigenvalue weighted by Gasteiger charge is 2.37. The molecule has 23 heavy (non-hydrogen) atoms. The molecule has 6 heteroatoms. The van der Waals surface area contributed by atoms with Crippen molar-refractivity contribution in [1.29, 1.82) is 0 Å². The summed E-state index contributed by atoms with van der Waals surface area (Å²) < 4.78 is 19.1. The minimum atomic E-state index is -0.967. The molecule has 1 atom stereocenters. The van der Waals surface area contributed by atoms with E-state index >= 15 is 0 Å². The SMILES string of the molecule is CCC(CC)(CNC(=O)C1CCOc2c(F)cccc21)C(=O)O. The Morgan fingerprint density at radius 3 is 2.70 bits per heavy atom. The van der Waals surface area contributed by atoms with Crippen molar-refractivity contribution in [3.63, 3.8) is 0 Å². The van der Waals surface area contributed by atoms with Crippen molar-refractivity contribution in [2.75, 3.05) is 13.2 Å². The summed E-state index contributed by atoms with van der Waals surface area (Å²) >= 11 is 0. The summed E-state index contributed by atoms with van der Waals surface area (Å²) in [6.07, 6.45) is 1.30. The highest BCUT2D eigenvalue weighted by atomic mass is 19.1. The van der Waals surface area contributed by atoms with Crippen LogP contribution in [0.5, 0.6) is 5.75 Å². The zero-order valence-corrected chi connectivity index (χ0v) is 13.4. The van der Waals surface area contributed by atoms with E-state index in [-0.39, 0.29) is 24.8 Å². The Hall–Kier alpha value is -2.11. The number of hydrogen-bond acceptors (Lipinski definition) is 3. The van der Waals surface area contributed by atoms with Crippen LogP contribution in [0.25, 0.3) is 0 Å². The molecule has 126 valence electrons. The molecule has 1 aromatic rings. The van der Waals surface area contributed by atoms with Crippen molar-refractivity contribution in [2.45, 2.75) is 39.0 Å². The molecular weight excluding hydrogens is 301 g/mol. The van der Waals surface area contributed by atoms with Gasteiger partial charge in [-0.2, -0.15) is 0 Å². The van der Waals surface area contributed by atoms with Gasteiger partial charge in [-0.1, -0.05) is 26.0 Å². The number of benzene rings is 1. The van der Waals surface area contributed by atoms with Crippen molar-refractivity contribution in [3.05, 3.63) is 29.6 Å². The lowest BCUT2D eigenvalue weighted by molar-refractivity contribution is -0.149. The second kappa shape index (κ2) is 6.98. The topological polar surface area (TPSA) is 75.6 Å². The Labute approximate surface area is 134 Å². The van der Waals surface area contributed by atoms with Gasteiger partial charge < -0.3 is 15.2 Å². The molecule has 0 bridgehead atoms. The first-order valence-electron chi connectivity index (χ1n) is 7.87. The molecule has 1 aliphatic heterocycles. The third-order valence-corrected chi connectivity index (χ3v) is 4.75. The number of carboxylic acids is 1. The van der Waals surface area contributed by atoms with Gasteiger partial charge in [0.25, 0.3) is 0 Å². The van der Waals surface area contributed by atoms with Gasteiger partial charge in [-0.15, -0.1) is 0 Å². The maximum Gasteiger partial charge on any atom is 0.311 e. The van der Waals surface area contributed by atoms with E-state index in [0.29, 0.717) is 24.8 Å². The predicted molar refractivity (Wildman–Crippen MR) is 82.9 cm³/mol. The molecule has 1 aromatic carbocycles. The van der Waals surface area contributed by atoms with Crippen molar-refractivity contribution in [3.8, 4) is 5.75 Å². The van der Waals surface area contributed by atoms with Gasteiger partial charge in [-0.25, -0.2) is 4.39 Å². The van der Waals surface area contributed by atoms with E-state index in [9.17, 15) is 19.1 Å². The van der Waals surface area contributed by atoms with Crippen LogP contribution >= 0.6 is 0 Å². The van der Waals surface area contributed by atoms with Gasteiger partial charge in [0.1, 0.15) is 0 Å². The molecule has 0 spiro atoms. The van der Waals surface area contributed by atoms with Gasteiger partial charge in [0, 0.05) is 12.1 Å². The van der Waals surface area contributed by atoms with E-state index < -0.39 is 23.1 Å². The summed E-state index contributed by atoms with van der Waals surface area (Å²) in [6.45, 7) is 3.92. The normalized spacial score (nSPS) is 17.1. The van der Waals surface area contributed by atoms with Crippen LogP contribution in [0.1, 0.15) is 44.6 Å². The summed E-state index contributed by atoms with van der Waals surface area (Å²) in [6, 6.07) is 4.51. The number of para-hydroxylation sites is 1. The first-order valence-corrected chi connectivity index (χ1v) is 7.87. The zero-order valence-electron chi connectivity index (χ0n) is 13.4. The number of rotatable bonds is 6. The Morgan fingerprint density at radius 1 is 1.39 bits per heavy atom. The maximum absolute atomic E-state index is 13.8. The van der Waals surface area contributed by atoms with Crippen LogP contribution in [0.2, 0.25) is 0 Å². The number of carboxylic acid groups (broad SMARTS) is 1. The van der Waals surface area contributed by atoms with Gasteiger partial charge in [-0.05, 0) is 25.3 Å². The number of halogens is 1. The van der Waals surface area contributed by atoms with Crippen LogP contribution < -0.4 is 10.1 Å². The van der Waals surface area contributed by atoms with Crippen LogP contribution in [0.15, 0.2) is 18.2 Å². The molecule has 0 aliphatic carbocycles. The van der Waals surface area contributed by atoms with E-state index in [1.807, 2.05) is 0 Å². The van der Waals surface area contributed by atoms with Crippen LogP contribution in [0.4, 0.5) is 4.39 Å². The molecule has 0 saturated carbocycles. The fourth-order valence-corrected chi connectivity index (χ4v) is 2.92. The summed E-state index contributed by atoms with van der Waals surface area (Å²) in [7, 11) is 0. The van der Waals surface area contributed by atoms with Crippen LogP contribution in [0.3, 0.4) is 0 Å². The van der Waals surface area contributed by atoms with Crippen LogP contribution in [-0.4, -0.2) is 30.1 Å². The summed E-state index contributed by atoms with van der Waals surface area (Å²) in [5.74, 6) is -2.08. The van der Waals surface area contributed by atoms with Crippen molar-refractivity contribution < 1.29 is 23.8 Å². The molecule has 2 rings (SSSR count). The molecule has 5 nitrogen and oxygen atoms in total. The third-order valence-electron chi connectivity index (χ3n) is 4.75. The van der Waals surface area contributed by atoms with E-state index in [4.69, 9.17) is 4.74 Å². The number of hydrogen-bond donors (Lipinski definition) is 2. The molecule has 0 fully saturated rings. The molecule has 1 aliphatic rings. The number of amides is 1. The maximum atomic E-state index is 13.8. The third kappa shape index (κ3) is 3.30. The first-order chi connectivity index (χ1) is 10.9. The number of carbonyl (C=O) groups is 2. The lowest BCUT2D eigenvalue weighted by Crippen LogP contribution is -2.44. The molecule has 0 saturated heterocycles. The van der Waals surface area contributed by atoms with E-state index in [2.05, 4.69) is 5.32 Å². The fourth-order valence-electron chi connectivity index (χ4n) is 2.92. The zero-order chi connectivity index (χ0) is 17.0. The largest absolute Gasteiger partial charge is 0.490 e. The van der Waals surface area contributed by atoms with Gasteiger partial charge in [0.15, 0.2) is 11.6 Å². The number of carbonyl (C=O) groups excluding carboxylic acids is 1. The smallest absolute Gasteiger partial charge is 0.311 e. The van der Waals surface area contributed by atoms with Gasteiger partial charge >= 0.3 is 5.97 Å². The molecule has 1 amide bonds. The average molecular weight is 323 g/mol. The average Bonchev–Trinajstić information content (AvgIpc) is 2.55. The van der Waals surface area contributed by atoms with Crippen molar-refractivity contribution in [2.24, 2.45) is 5.41 Å². The standard InChI is InChI=1S/C17H22FNO4/c1-3-17(4-2,16(21)22)10-19-15(20)12-8-9-23-14-11(12)6-5-7-13(14)18/h5-7,12H,3-4,8-10H2,1-2H3,(H,19,20)(H,21,22). The number of ether oxygens (including phenoxy) is 1. The lowest BCUT2D eigenvalue weighted by atomic mass is 9.82. The highest BCUT2D eigenvalue weighted by Crippen LogP contribution is 2.36. The van der Waals surface area contributed by atoms with Crippen molar-refractivity contribution >= 4 is 11.9 Å². The molecule has 1 unspecified atom stereocenters. The molecule has 0 aromatic heterocycles. The molecular formula is C17H22FNO4. The number of nitrogens with one attached hydrogen (secondary N) is 1. The van der Waals surface area contributed by atoms with Crippen LogP contribution in [0, 0.1) is 11.2 Å². The number of aliphatic carboxylic acids is 1. The Bertz CT molecular complexity index is 598. The minimum Gasteiger partial charge on any atom is -0.490 e. The Kier molecular flexibility index (Phi) is 5.23. The van der Waals surface area contributed by atoms with E-state index in [1.54, 1.807) is 26.0 Å². The summed E-state index contributed by atoms with van der Waals surface area (Å²) in [5.41, 5.74) is -0.450. The molecule has 0 radical (unpaired) electrons. The quantitative estimate of drug-likeness (QED) is 0.844. The van der Waals surface area contributed by atoms with Gasteiger partial charge in [0.2, 0.25) is 5.91 Å². The fraction of sp³-hybridized carbons (Fsp3) is 0.529. The summed E-state index contributed by atoms with van der Waals surface area (Å²) in [5, 5.41) is 12.2. The minimum absolute atomic E-state index is 0.0656. The lowest BCUT2D eigenvalue weighted by Gasteiger charge is -2.29. The second-order valence-electron chi connectivity index (χ2n) is 5.86. The Balaban J connectivity index is 2.14. The van der Waals surface area contributed by atoms with Crippen molar-refractivity contribution in [1.82, 2.24) is 5.32 Å². The van der Waals surface area contributed by atoms with E-state index in [1.165, 1.54) is 6.07 Å². The molecule has 1 heterocycles. The van der Waals surface area contributed by atoms with E-state index in [0.717, 1.165) is 0 Å². The predicted octanol–water partition coefficient (Wildman–Crippen LogP) is 2.70. The Morgan fingerprint density at radius 2 is 2.09 bits per heavy atom. The highest BCUT2D eigenvalue weighted by molar-refractivity contribution is 5.85. The van der Waals surface area contributed by atoms with Gasteiger partial charge in [-0.3, -0.25) is 9.59 Å². The van der Waals surface area contributed by atoms with Gasteiger partial charge in [0.05, 0.1) is 17.9 Å². The number of fused-ring (bicyclic) bond motifs is 1. The monoisotopic (exact) mass is 323 g/mol. The summed E-state index contributed by atoms with van der Waals surface area (Å²) in [4.78, 5) is 24.0.